The van der Waals surface area contributed by atoms with Crippen LogP contribution in [-0.2, 0) is 6.54 Å². The maximum Gasteiger partial charge on any atom is 0.170 e. The molecular weight excluding hydrogens is 300 g/mol. The molecule has 110 valence electrons. The van der Waals surface area contributed by atoms with Crippen LogP contribution >= 0.6 is 11.6 Å². The second kappa shape index (κ2) is 6.41. The summed E-state index contributed by atoms with van der Waals surface area (Å²) in [6, 6.07) is 8.20. The third-order valence-electron chi connectivity index (χ3n) is 2.86. The monoisotopic (exact) mass is 311 g/mol. The Balaban J connectivity index is 2.21. The van der Waals surface area contributed by atoms with Crippen molar-refractivity contribution in [1.29, 1.82) is 0 Å². The highest BCUT2D eigenvalue weighted by molar-refractivity contribution is 6.30. The smallest absolute Gasteiger partial charge is 0.170 e. The molecule has 0 heterocycles. The standard InChI is InChI=1S/C14H12ClF2N3O/c15-12-4-3-10(6-13(12)17)19-7-8-1-2-9(16)5-11(8)14(18)20-21/h1-6,19,21H,7H2,(H2,18,20). The Morgan fingerprint density at radius 1 is 1.24 bits per heavy atom. The van der Waals surface area contributed by atoms with Gasteiger partial charge in [-0.15, -0.1) is 0 Å². The fourth-order valence-corrected chi connectivity index (χ4v) is 1.92. The predicted octanol–water partition coefficient (Wildman–Crippen LogP) is 3.32. The number of hydrogen-bond donors (Lipinski definition) is 3. The number of nitrogens with one attached hydrogen (secondary N) is 1. The second-order valence-electron chi connectivity index (χ2n) is 4.27. The fraction of sp³-hybridized carbons (Fsp3) is 0.0714. The van der Waals surface area contributed by atoms with Crippen molar-refractivity contribution >= 4 is 23.1 Å². The van der Waals surface area contributed by atoms with Gasteiger partial charge in [0, 0.05) is 17.8 Å². The molecule has 0 saturated carbocycles. The second-order valence-corrected chi connectivity index (χ2v) is 4.68. The molecular formula is C14H12ClF2N3O. The molecule has 0 atom stereocenters. The van der Waals surface area contributed by atoms with Crippen molar-refractivity contribution in [3.8, 4) is 0 Å². The minimum absolute atomic E-state index is 0.0275. The van der Waals surface area contributed by atoms with Gasteiger partial charge < -0.3 is 16.3 Å². The van der Waals surface area contributed by atoms with E-state index in [4.69, 9.17) is 22.5 Å². The number of rotatable bonds is 4. The lowest BCUT2D eigenvalue weighted by Gasteiger charge is -2.11. The number of nitrogens with zero attached hydrogens (tertiary/aromatic N) is 1. The van der Waals surface area contributed by atoms with Gasteiger partial charge in [-0.3, -0.25) is 0 Å². The van der Waals surface area contributed by atoms with Gasteiger partial charge in [-0.2, -0.15) is 0 Å². The molecule has 4 nitrogen and oxygen atoms in total. The summed E-state index contributed by atoms with van der Waals surface area (Å²) in [5.41, 5.74) is 6.87. The summed E-state index contributed by atoms with van der Waals surface area (Å²) in [5, 5.41) is 14.6. The van der Waals surface area contributed by atoms with E-state index in [0.29, 0.717) is 11.3 Å². The highest BCUT2D eigenvalue weighted by Gasteiger charge is 2.09. The van der Waals surface area contributed by atoms with E-state index >= 15 is 0 Å². The first kappa shape index (κ1) is 15.1. The molecule has 0 aliphatic carbocycles. The van der Waals surface area contributed by atoms with E-state index in [1.807, 2.05) is 0 Å². The molecule has 2 rings (SSSR count). The number of halogens is 3. The zero-order valence-electron chi connectivity index (χ0n) is 10.8. The van der Waals surface area contributed by atoms with Crippen LogP contribution in [0.1, 0.15) is 11.1 Å². The first-order chi connectivity index (χ1) is 10.0. The molecule has 0 amide bonds. The van der Waals surface area contributed by atoms with Crippen LogP contribution in [0.3, 0.4) is 0 Å². The Hall–Kier alpha value is -2.34. The van der Waals surface area contributed by atoms with Crippen LogP contribution in [0, 0.1) is 11.6 Å². The zero-order chi connectivity index (χ0) is 15.4. The quantitative estimate of drug-likeness (QED) is 0.351. The summed E-state index contributed by atoms with van der Waals surface area (Å²) in [6.45, 7) is 0.243. The van der Waals surface area contributed by atoms with Gasteiger partial charge >= 0.3 is 0 Å². The van der Waals surface area contributed by atoms with Crippen LogP contribution < -0.4 is 11.1 Å². The highest BCUT2D eigenvalue weighted by atomic mass is 35.5. The third-order valence-corrected chi connectivity index (χ3v) is 3.16. The maximum absolute atomic E-state index is 13.3. The van der Waals surface area contributed by atoms with E-state index in [-0.39, 0.29) is 23.0 Å². The molecule has 21 heavy (non-hydrogen) atoms. The van der Waals surface area contributed by atoms with Crippen molar-refractivity contribution in [3.63, 3.8) is 0 Å². The van der Waals surface area contributed by atoms with Crippen LogP contribution in [0.2, 0.25) is 5.02 Å². The number of amidine groups is 1. The van der Waals surface area contributed by atoms with Crippen LogP contribution in [0.25, 0.3) is 0 Å². The minimum atomic E-state index is -0.544. The number of nitrogens with two attached hydrogens (primary N) is 1. The van der Waals surface area contributed by atoms with Crippen molar-refractivity contribution in [1.82, 2.24) is 0 Å². The van der Waals surface area contributed by atoms with Crippen LogP contribution in [0.15, 0.2) is 41.6 Å². The van der Waals surface area contributed by atoms with Gasteiger partial charge in [-0.05, 0) is 35.9 Å². The minimum Gasteiger partial charge on any atom is -0.409 e. The Labute approximate surface area is 124 Å². The zero-order valence-corrected chi connectivity index (χ0v) is 11.5. The van der Waals surface area contributed by atoms with E-state index < -0.39 is 11.6 Å². The van der Waals surface area contributed by atoms with Crippen molar-refractivity contribution in [2.45, 2.75) is 6.54 Å². The molecule has 0 radical (unpaired) electrons. The van der Waals surface area contributed by atoms with E-state index in [1.165, 1.54) is 24.3 Å². The molecule has 0 spiro atoms. The summed E-state index contributed by atoms with van der Waals surface area (Å²) >= 11 is 5.60. The molecule has 4 N–H and O–H groups in total. The van der Waals surface area contributed by atoms with Gasteiger partial charge in [-0.25, -0.2) is 8.78 Å². The maximum atomic E-state index is 13.3. The lowest BCUT2D eigenvalue weighted by Crippen LogP contribution is -2.17. The Kier molecular flexibility index (Phi) is 4.59. The molecule has 2 aromatic carbocycles. The molecule has 0 fully saturated rings. The third kappa shape index (κ3) is 3.61. The Morgan fingerprint density at radius 3 is 2.67 bits per heavy atom. The normalized spacial score (nSPS) is 11.5. The van der Waals surface area contributed by atoms with Gasteiger partial charge in [0.1, 0.15) is 11.6 Å². The van der Waals surface area contributed by atoms with Crippen molar-refractivity contribution in [2.75, 3.05) is 5.32 Å². The summed E-state index contributed by atoms with van der Waals surface area (Å²) in [6.07, 6.45) is 0. The first-order valence-corrected chi connectivity index (χ1v) is 6.34. The molecule has 0 unspecified atom stereocenters. The van der Waals surface area contributed by atoms with E-state index in [0.717, 1.165) is 6.07 Å². The Morgan fingerprint density at radius 2 is 2.00 bits per heavy atom. The average Bonchev–Trinajstić information content (AvgIpc) is 2.48. The number of benzene rings is 2. The molecule has 0 aliphatic heterocycles. The number of anilines is 1. The van der Waals surface area contributed by atoms with Gasteiger partial charge in [0.15, 0.2) is 5.84 Å². The molecule has 0 aromatic heterocycles. The van der Waals surface area contributed by atoms with Crippen LogP contribution in [0.5, 0.6) is 0 Å². The Bertz CT molecular complexity index is 692. The lowest BCUT2D eigenvalue weighted by atomic mass is 10.1. The van der Waals surface area contributed by atoms with E-state index in [9.17, 15) is 8.78 Å². The lowest BCUT2D eigenvalue weighted by molar-refractivity contribution is 0.318. The largest absolute Gasteiger partial charge is 0.409 e. The van der Waals surface area contributed by atoms with Gasteiger partial charge in [0.05, 0.1) is 5.02 Å². The molecule has 0 saturated heterocycles. The number of hydrogen-bond acceptors (Lipinski definition) is 3. The van der Waals surface area contributed by atoms with Gasteiger partial charge in [-0.1, -0.05) is 22.8 Å². The van der Waals surface area contributed by atoms with Crippen LogP contribution in [-0.4, -0.2) is 11.0 Å². The average molecular weight is 312 g/mol. The van der Waals surface area contributed by atoms with Gasteiger partial charge in [0.25, 0.3) is 0 Å². The van der Waals surface area contributed by atoms with E-state index in [2.05, 4.69) is 10.5 Å². The molecule has 0 aliphatic rings. The first-order valence-electron chi connectivity index (χ1n) is 5.96. The van der Waals surface area contributed by atoms with Crippen LogP contribution in [0.4, 0.5) is 14.5 Å². The topological polar surface area (TPSA) is 70.6 Å². The fourth-order valence-electron chi connectivity index (χ4n) is 1.80. The SMILES string of the molecule is NC(=NO)c1cc(F)ccc1CNc1ccc(Cl)c(F)c1. The molecule has 2 aromatic rings. The summed E-state index contributed by atoms with van der Waals surface area (Å²) in [5.74, 6) is -1.25. The summed E-state index contributed by atoms with van der Waals surface area (Å²) in [4.78, 5) is 0. The highest BCUT2D eigenvalue weighted by Crippen LogP contribution is 2.20. The predicted molar refractivity (Wildman–Crippen MR) is 77.6 cm³/mol. The number of oxime groups is 1. The van der Waals surface area contributed by atoms with Crippen molar-refractivity contribution < 1.29 is 14.0 Å². The van der Waals surface area contributed by atoms with Crippen molar-refractivity contribution in [3.05, 3.63) is 64.2 Å². The summed E-state index contributed by atoms with van der Waals surface area (Å²) < 4.78 is 26.6. The van der Waals surface area contributed by atoms with E-state index in [1.54, 1.807) is 6.07 Å². The molecule has 7 heteroatoms. The molecule has 0 bridgehead atoms. The van der Waals surface area contributed by atoms with Gasteiger partial charge in [0.2, 0.25) is 0 Å². The van der Waals surface area contributed by atoms with Crippen molar-refractivity contribution in [2.24, 2.45) is 10.9 Å². The summed E-state index contributed by atoms with van der Waals surface area (Å²) in [7, 11) is 0.